The molecule has 2 rings (SSSR count). The Morgan fingerprint density at radius 3 is 2.00 bits per heavy atom. The summed E-state index contributed by atoms with van der Waals surface area (Å²) in [5.74, 6) is -0.955. The van der Waals surface area contributed by atoms with Crippen LogP contribution in [0.3, 0.4) is 0 Å². The quantitative estimate of drug-likeness (QED) is 0.604. The van der Waals surface area contributed by atoms with E-state index in [9.17, 15) is 9.59 Å². The van der Waals surface area contributed by atoms with E-state index in [1.165, 1.54) is 14.2 Å². The van der Waals surface area contributed by atoms with Crippen LogP contribution in [0.2, 0.25) is 0 Å². The Morgan fingerprint density at radius 2 is 1.50 bits per heavy atom. The van der Waals surface area contributed by atoms with Crippen LogP contribution in [0.25, 0.3) is 0 Å². The molecule has 0 heterocycles. The molecule has 24 heavy (non-hydrogen) atoms. The smallest absolute Gasteiger partial charge is 0.263 e. The van der Waals surface area contributed by atoms with E-state index in [0.29, 0.717) is 5.56 Å². The number of nitrogens with zero attached hydrogens (tertiary/aromatic N) is 1. The number of amides is 1. The van der Waals surface area contributed by atoms with E-state index in [-0.39, 0.29) is 11.7 Å². The van der Waals surface area contributed by atoms with Crippen molar-refractivity contribution in [3.63, 3.8) is 0 Å². The summed E-state index contributed by atoms with van der Waals surface area (Å²) in [5.41, 5.74) is 0.227. The van der Waals surface area contributed by atoms with Gasteiger partial charge in [0.25, 0.3) is 5.91 Å². The first-order valence-corrected chi connectivity index (χ1v) is 7.90. The lowest BCUT2D eigenvalue weighted by Gasteiger charge is -2.32. The number of rotatable bonds is 6. The fourth-order valence-corrected chi connectivity index (χ4v) is 2.87. The molecule has 0 aromatic heterocycles. The molecule has 0 saturated carbocycles. The first-order valence-electron chi connectivity index (χ1n) is 7.90. The van der Waals surface area contributed by atoms with Gasteiger partial charge in [-0.05, 0) is 18.1 Å². The second-order valence-electron chi connectivity index (χ2n) is 5.97. The molecule has 2 atom stereocenters. The lowest BCUT2D eigenvalue weighted by molar-refractivity contribution is -0.176. The minimum atomic E-state index is -1.32. The number of ketones is 1. The number of Topliss-reactive ketones (excluding diaryl/α,β-unsaturated/α-hetero) is 1. The van der Waals surface area contributed by atoms with Crippen LogP contribution in [0.5, 0.6) is 0 Å². The van der Waals surface area contributed by atoms with Crippen molar-refractivity contribution in [1.82, 2.24) is 5.06 Å². The van der Waals surface area contributed by atoms with Crippen LogP contribution in [0.1, 0.15) is 30.9 Å². The standard InChI is InChI=1S/C20H23NO3/c1-15(16-11-7-5-8-12-16)18(22)20(2,19(23)21(3)24-4)17-13-9-6-10-14-17/h5-15H,1-4H3. The van der Waals surface area contributed by atoms with Crippen LogP contribution in [0, 0.1) is 0 Å². The van der Waals surface area contributed by atoms with Crippen molar-refractivity contribution >= 4 is 11.7 Å². The van der Waals surface area contributed by atoms with Gasteiger partial charge in [0.15, 0.2) is 5.78 Å². The van der Waals surface area contributed by atoms with E-state index in [1.54, 1.807) is 19.1 Å². The van der Waals surface area contributed by atoms with Crippen molar-refractivity contribution in [2.45, 2.75) is 25.2 Å². The van der Waals surface area contributed by atoms with Crippen molar-refractivity contribution in [3.8, 4) is 0 Å². The zero-order valence-electron chi connectivity index (χ0n) is 14.5. The number of carbonyl (C=O) groups excluding carboxylic acids is 2. The molecule has 0 aliphatic rings. The Morgan fingerprint density at radius 1 is 1.00 bits per heavy atom. The molecule has 0 aliphatic carbocycles. The van der Waals surface area contributed by atoms with E-state index in [0.717, 1.165) is 10.6 Å². The van der Waals surface area contributed by atoms with Gasteiger partial charge < -0.3 is 0 Å². The summed E-state index contributed by atoms with van der Waals surface area (Å²) in [7, 11) is 2.93. The predicted molar refractivity (Wildman–Crippen MR) is 93.4 cm³/mol. The van der Waals surface area contributed by atoms with E-state index in [4.69, 9.17) is 4.84 Å². The molecule has 0 radical (unpaired) electrons. The molecule has 0 aliphatic heterocycles. The van der Waals surface area contributed by atoms with Crippen LogP contribution in [-0.2, 0) is 19.8 Å². The fourth-order valence-electron chi connectivity index (χ4n) is 2.87. The van der Waals surface area contributed by atoms with Crippen LogP contribution in [-0.4, -0.2) is 30.9 Å². The maximum Gasteiger partial charge on any atom is 0.263 e. The van der Waals surface area contributed by atoms with Gasteiger partial charge in [0.1, 0.15) is 5.41 Å². The highest BCUT2D eigenvalue weighted by Crippen LogP contribution is 2.33. The second-order valence-corrected chi connectivity index (χ2v) is 5.97. The van der Waals surface area contributed by atoms with Gasteiger partial charge in [-0.25, -0.2) is 5.06 Å². The third kappa shape index (κ3) is 3.24. The van der Waals surface area contributed by atoms with Gasteiger partial charge >= 0.3 is 0 Å². The van der Waals surface area contributed by atoms with Gasteiger partial charge in [0.2, 0.25) is 0 Å². The molecular weight excluding hydrogens is 302 g/mol. The Hall–Kier alpha value is -2.46. The van der Waals surface area contributed by atoms with Gasteiger partial charge in [-0.2, -0.15) is 0 Å². The maximum atomic E-state index is 13.3. The van der Waals surface area contributed by atoms with Crippen LogP contribution in [0.15, 0.2) is 60.7 Å². The molecule has 2 unspecified atom stereocenters. The molecule has 0 fully saturated rings. The number of hydrogen-bond donors (Lipinski definition) is 0. The third-order valence-electron chi connectivity index (χ3n) is 4.52. The number of likely N-dealkylation sites (N-methyl/N-ethyl adjacent to an activating group) is 1. The van der Waals surface area contributed by atoms with E-state index in [1.807, 2.05) is 55.5 Å². The number of hydroxylamine groups is 2. The molecule has 0 bridgehead atoms. The number of hydrogen-bond acceptors (Lipinski definition) is 3. The molecule has 2 aromatic carbocycles. The van der Waals surface area contributed by atoms with Gasteiger partial charge in [-0.15, -0.1) is 0 Å². The molecule has 126 valence electrons. The zero-order valence-corrected chi connectivity index (χ0v) is 14.5. The maximum absolute atomic E-state index is 13.3. The lowest BCUT2D eigenvalue weighted by Crippen LogP contribution is -2.49. The van der Waals surface area contributed by atoms with Crippen molar-refractivity contribution in [2.24, 2.45) is 0 Å². The summed E-state index contributed by atoms with van der Waals surface area (Å²) < 4.78 is 0. The predicted octanol–water partition coefficient (Wildman–Crippen LogP) is 3.34. The molecular formula is C20H23NO3. The summed E-state index contributed by atoms with van der Waals surface area (Å²) in [4.78, 5) is 31.3. The van der Waals surface area contributed by atoms with Crippen molar-refractivity contribution < 1.29 is 14.4 Å². The minimum Gasteiger partial charge on any atom is -0.297 e. The third-order valence-corrected chi connectivity index (χ3v) is 4.52. The van der Waals surface area contributed by atoms with Crippen molar-refractivity contribution in [3.05, 3.63) is 71.8 Å². The highest BCUT2D eigenvalue weighted by molar-refractivity contribution is 6.13. The Bertz CT molecular complexity index is 699. The number of benzene rings is 2. The Labute approximate surface area is 143 Å². The molecule has 4 nitrogen and oxygen atoms in total. The summed E-state index contributed by atoms with van der Waals surface area (Å²) >= 11 is 0. The largest absolute Gasteiger partial charge is 0.297 e. The van der Waals surface area contributed by atoms with E-state index < -0.39 is 11.3 Å². The van der Waals surface area contributed by atoms with Crippen molar-refractivity contribution in [2.75, 3.05) is 14.2 Å². The first kappa shape index (κ1) is 17.9. The molecule has 4 heteroatoms. The monoisotopic (exact) mass is 325 g/mol. The Balaban J connectivity index is 2.50. The Kier molecular flexibility index (Phi) is 5.52. The summed E-state index contributed by atoms with van der Waals surface area (Å²) in [6, 6.07) is 18.6. The van der Waals surface area contributed by atoms with E-state index in [2.05, 4.69) is 0 Å². The average Bonchev–Trinajstić information content (AvgIpc) is 2.66. The summed E-state index contributed by atoms with van der Waals surface area (Å²) in [6.07, 6.45) is 0. The molecule has 1 amide bonds. The van der Waals surface area contributed by atoms with Crippen LogP contribution >= 0.6 is 0 Å². The molecule has 0 spiro atoms. The van der Waals surface area contributed by atoms with Crippen molar-refractivity contribution in [1.29, 1.82) is 0 Å². The SMILES string of the molecule is CON(C)C(=O)C(C)(C(=O)C(C)c1ccccc1)c1ccccc1. The average molecular weight is 325 g/mol. The molecule has 2 aromatic rings. The van der Waals surface area contributed by atoms with Crippen LogP contribution in [0.4, 0.5) is 0 Å². The topological polar surface area (TPSA) is 46.6 Å². The fraction of sp³-hybridized carbons (Fsp3) is 0.300. The molecule has 0 N–H and O–H groups in total. The zero-order chi connectivity index (χ0) is 17.7. The second kappa shape index (κ2) is 7.41. The van der Waals surface area contributed by atoms with Crippen LogP contribution < -0.4 is 0 Å². The summed E-state index contributed by atoms with van der Waals surface area (Å²) in [6.45, 7) is 3.50. The van der Waals surface area contributed by atoms with Gasteiger partial charge in [-0.3, -0.25) is 14.4 Å². The number of carbonyl (C=O) groups is 2. The van der Waals surface area contributed by atoms with Gasteiger partial charge in [-0.1, -0.05) is 67.6 Å². The van der Waals surface area contributed by atoms with Gasteiger partial charge in [0.05, 0.1) is 7.11 Å². The van der Waals surface area contributed by atoms with Gasteiger partial charge in [0, 0.05) is 13.0 Å². The molecule has 0 saturated heterocycles. The summed E-state index contributed by atoms with van der Waals surface area (Å²) in [5, 5.41) is 1.11. The lowest BCUT2D eigenvalue weighted by atomic mass is 9.72. The normalized spacial score (nSPS) is 14.5. The highest BCUT2D eigenvalue weighted by Gasteiger charge is 2.46. The first-order chi connectivity index (χ1) is 11.4. The minimum absolute atomic E-state index is 0.159. The highest BCUT2D eigenvalue weighted by atomic mass is 16.7. The van der Waals surface area contributed by atoms with E-state index >= 15 is 0 Å².